The second kappa shape index (κ2) is 19.0. The first-order valence-corrected chi connectivity index (χ1v) is 25.2. The van der Waals surface area contributed by atoms with Gasteiger partial charge in [-0.25, -0.2) is 4.98 Å². The monoisotopic (exact) mass is 990 g/mol. The molecule has 0 bridgehead atoms. The van der Waals surface area contributed by atoms with Crippen molar-refractivity contribution in [3.63, 3.8) is 0 Å². The fraction of sp³-hybridized carbons (Fsp3) is 0. The highest BCUT2D eigenvalue weighted by Gasteiger charge is 2.24. The van der Waals surface area contributed by atoms with Gasteiger partial charge in [0.1, 0.15) is 11.6 Å². The van der Waals surface area contributed by atoms with Crippen LogP contribution in [0, 0.1) is 56.7 Å². The van der Waals surface area contributed by atoms with Gasteiger partial charge in [-0.2, -0.15) is 26.3 Å². The van der Waals surface area contributed by atoms with Crippen LogP contribution in [0.1, 0.15) is 27.8 Å². The first kappa shape index (κ1) is 46.2. The molecule has 0 unspecified atom stereocenters. The largest absolute Gasteiger partial charge is 0.308 e. The summed E-state index contributed by atoms with van der Waals surface area (Å²) in [5.74, 6) is 0. The van der Waals surface area contributed by atoms with Crippen molar-refractivity contribution >= 4 is 43.6 Å². The number of hydrogen-bond acceptors (Lipinski definition) is 6. The lowest BCUT2D eigenvalue weighted by atomic mass is 9.99. The van der Waals surface area contributed by atoms with Gasteiger partial charge in [-0.15, -0.1) is 0 Å². The predicted molar refractivity (Wildman–Crippen MR) is 309 cm³/mol. The van der Waals surface area contributed by atoms with Gasteiger partial charge in [0.05, 0.1) is 91.4 Å². The van der Waals surface area contributed by atoms with Crippen LogP contribution in [0.3, 0.4) is 0 Å². The Morgan fingerprint density at radius 3 is 0.872 bits per heavy atom. The molecule has 0 amide bonds. The quantitative estimate of drug-likeness (QED) is 0.148. The maximum absolute atomic E-state index is 11.9. The van der Waals surface area contributed by atoms with Crippen LogP contribution < -0.4 is 0 Å². The summed E-state index contributed by atoms with van der Waals surface area (Å²) in [6, 6.07) is 87.9. The van der Waals surface area contributed by atoms with Crippen molar-refractivity contribution in [1.29, 1.82) is 26.3 Å². The lowest BCUT2D eigenvalue weighted by molar-refractivity contribution is 1.12. The molecule has 13 aromatic rings. The van der Waals surface area contributed by atoms with Crippen molar-refractivity contribution in [1.82, 2.24) is 14.1 Å². The molecule has 0 aliphatic heterocycles. The molecule has 10 aromatic carbocycles. The lowest BCUT2D eigenvalue weighted by Gasteiger charge is -2.18. The Balaban J connectivity index is 1.11. The highest BCUT2D eigenvalue weighted by Crippen LogP contribution is 2.43. The third-order valence-electron chi connectivity index (χ3n) is 14.7. The molecule has 0 aliphatic rings. The summed E-state index contributed by atoms with van der Waals surface area (Å²) in [6.45, 7) is 0. The van der Waals surface area contributed by atoms with E-state index in [0.29, 0.717) is 39.2 Å². The van der Waals surface area contributed by atoms with Gasteiger partial charge in [-0.1, -0.05) is 109 Å². The Kier molecular flexibility index (Phi) is 11.3. The fourth-order valence-corrected chi connectivity index (χ4v) is 10.8. The number of pyridine rings is 1. The Bertz CT molecular complexity index is 4310. The van der Waals surface area contributed by atoms with Crippen molar-refractivity contribution in [3.05, 3.63) is 258 Å². The number of rotatable bonds is 8. The second-order valence-corrected chi connectivity index (χ2v) is 19.1. The molecule has 0 saturated carbocycles. The predicted octanol–water partition coefficient (Wildman–Crippen LogP) is 16.6. The van der Waals surface area contributed by atoms with Gasteiger partial charge in [-0.3, -0.25) is 0 Å². The van der Waals surface area contributed by atoms with Gasteiger partial charge in [0.15, 0.2) is 0 Å². The molecule has 0 atom stereocenters. The van der Waals surface area contributed by atoms with E-state index in [2.05, 4.69) is 137 Å². The van der Waals surface area contributed by atoms with Gasteiger partial charge in [-0.05, 0) is 166 Å². The molecule has 8 heteroatoms. The van der Waals surface area contributed by atoms with Gasteiger partial charge >= 0.3 is 0 Å². The minimum atomic E-state index is 0.440. The Labute approximate surface area is 448 Å². The molecule has 0 spiro atoms. The van der Waals surface area contributed by atoms with Crippen molar-refractivity contribution in [2.24, 2.45) is 0 Å². The third kappa shape index (κ3) is 7.95. The molecule has 0 radical (unpaired) electrons. The minimum absolute atomic E-state index is 0.440. The van der Waals surface area contributed by atoms with E-state index in [1.807, 2.05) is 133 Å². The van der Waals surface area contributed by atoms with Crippen molar-refractivity contribution in [2.75, 3.05) is 0 Å². The van der Waals surface area contributed by atoms with E-state index in [1.54, 1.807) is 0 Å². The topological polar surface area (TPSA) is 142 Å². The SMILES string of the molecule is N#Cc1ccc(-c2ccc3c(c2)c2cc(-c4ccc(C#N)cc4)ccc2n3-c2cc(-c3cccc(-c4ccccc4)n3)cc(-n3c4ccc(-c5ccc(C#N)cc5)cc4c4cc(-c5ccc(C#N)cc5)ccc43)c2C#N)cc1. The number of benzene rings is 10. The minimum Gasteiger partial charge on any atom is -0.308 e. The molecule has 13 rings (SSSR count). The van der Waals surface area contributed by atoms with Crippen LogP contribution in [0.25, 0.3) is 122 Å². The zero-order valence-electron chi connectivity index (χ0n) is 41.5. The molecule has 8 nitrogen and oxygen atoms in total. The first-order valence-electron chi connectivity index (χ1n) is 25.2. The molecular formula is C70H38N8. The van der Waals surface area contributed by atoms with Crippen LogP contribution in [0.2, 0.25) is 0 Å². The Hall–Kier alpha value is -11.6. The van der Waals surface area contributed by atoms with Crippen LogP contribution in [-0.4, -0.2) is 14.1 Å². The molecule has 78 heavy (non-hydrogen) atoms. The maximum atomic E-state index is 11.9. The van der Waals surface area contributed by atoms with Gasteiger partial charge in [0.2, 0.25) is 0 Å². The fourth-order valence-electron chi connectivity index (χ4n) is 10.8. The van der Waals surface area contributed by atoms with Crippen molar-refractivity contribution in [3.8, 4) is 109 Å². The highest BCUT2D eigenvalue weighted by molar-refractivity contribution is 6.14. The van der Waals surface area contributed by atoms with E-state index >= 15 is 0 Å². The molecule has 0 saturated heterocycles. The van der Waals surface area contributed by atoms with E-state index in [4.69, 9.17) is 4.98 Å². The summed E-state index contributed by atoms with van der Waals surface area (Å²) in [5, 5.41) is 54.3. The number of nitriles is 5. The normalized spacial score (nSPS) is 11.0. The maximum Gasteiger partial charge on any atom is 0.104 e. The third-order valence-corrected chi connectivity index (χ3v) is 14.7. The zero-order chi connectivity index (χ0) is 52.9. The average Bonchev–Trinajstić information content (AvgIpc) is 4.11. The van der Waals surface area contributed by atoms with Crippen LogP contribution in [0.4, 0.5) is 0 Å². The number of fused-ring (bicyclic) bond motifs is 6. The van der Waals surface area contributed by atoms with Gasteiger partial charge in [0.25, 0.3) is 0 Å². The Morgan fingerprint density at radius 1 is 0.256 bits per heavy atom. The summed E-state index contributed by atoms with van der Waals surface area (Å²) in [6.07, 6.45) is 0. The number of aromatic nitrogens is 3. The molecule has 0 N–H and O–H groups in total. The standard InChI is InChI=1S/C70H38N8/c71-39-44-9-17-48(18-10-44)53-25-29-65-58(33-53)59-34-54(49-19-11-45(40-72)12-20-49)26-30-66(59)77(65)69-37-57(64-8-4-7-63(76-64)52-5-2-1-3-6-52)38-70(62(69)43-75)78-67-31-27-55(50-21-13-46(41-73)14-22-50)35-60(67)61-36-56(28-32-68(61)78)51-23-15-47(42-74)16-24-51/h1-38H. The van der Waals surface area contributed by atoms with E-state index < -0.39 is 0 Å². The second-order valence-electron chi connectivity index (χ2n) is 19.1. The van der Waals surface area contributed by atoms with Crippen LogP contribution >= 0.6 is 0 Å². The zero-order valence-corrected chi connectivity index (χ0v) is 41.5. The summed E-state index contributed by atoms with van der Waals surface area (Å²) in [4.78, 5) is 5.31. The summed E-state index contributed by atoms with van der Waals surface area (Å²) >= 11 is 0. The number of nitrogens with zero attached hydrogens (tertiary/aromatic N) is 8. The van der Waals surface area contributed by atoms with Gasteiger partial charge in [0, 0.05) is 32.7 Å². The first-order chi connectivity index (χ1) is 38.4. The number of hydrogen-bond donors (Lipinski definition) is 0. The van der Waals surface area contributed by atoms with Gasteiger partial charge < -0.3 is 9.13 Å². The summed E-state index contributed by atoms with van der Waals surface area (Å²) < 4.78 is 4.39. The summed E-state index contributed by atoms with van der Waals surface area (Å²) in [5.41, 5.74) is 18.6. The van der Waals surface area contributed by atoms with Crippen LogP contribution in [-0.2, 0) is 0 Å². The Morgan fingerprint density at radius 2 is 0.564 bits per heavy atom. The molecule has 3 aromatic heterocycles. The van der Waals surface area contributed by atoms with E-state index in [-0.39, 0.29) is 0 Å². The van der Waals surface area contributed by atoms with Crippen LogP contribution in [0.5, 0.6) is 0 Å². The molecule has 0 aliphatic carbocycles. The lowest BCUT2D eigenvalue weighted by Crippen LogP contribution is -2.05. The van der Waals surface area contributed by atoms with Crippen molar-refractivity contribution in [2.45, 2.75) is 0 Å². The molecule has 358 valence electrons. The summed E-state index contributed by atoms with van der Waals surface area (Å²) in [7, 11) is 0. The molecule has 0 fully saturated rings. The van der Waals surface area contributed by atoms with Crippen LogP contribution in [0.15, 0.2) is 231 Å². The van der Waals surface area contributed by atoms with E-state index in [9.17, 15) is 26.3 Å². The van der Waals surface area contributed by atoms with Crippen molar-refractivity contribution < 1.29 is 0 Å². The van der Waals surface area contributed by atoms with E-state index in [0.717, 1.165) is 111 Å². The smallest absolute Gasteiger partial charge is 0.104 e. The average molecular weight is 991 g/mol. The molecule has 3 heterocycles. The van der Waals surface area contributed by atoms with E-state index in [1.165, 1.54) is 0 Å². The molecular weight excluding hydrogens is 953 g/mol. The highest BCUT2D eigenvalue weighted by atomic mass is 15.0.